The molecular weight excluding hydrogens is 398 g/mol. The number of nitroso groups, excluding NO2 is 1. The first-order valence-electron chi connectivity index (χ1n) is 8.20. The van der Waals surface area contributed by atoms with E-state index in [4.69, 9.17) is 4.74 Å². The van der Waals surface area contributed by atoms with Crippen LogP contribution in [-0.4, -0.2) is 56.7 Å². The molecule has 0 spiro atoms. The molecule has 0 bridgehead atoms. The van der Waals surface area contributed by atoms with Crippen LogP contribution in [0.2, 0.25) is 0 Å². The van der Waals surface area contributed by atoms with Crippen molar-refractivity contribution < 1.29 is 9.53 Å². The van der Waals surface area contributed by atoms with Gasteiger partial charge in [0, 0.05) is 5.18 Å². The van der Waals surface area contributed by atoms with E-state index >= 15 is 0 Å². The van der Waals surface area contributed by atoms with Gasteiger partial charge in [0.15, 0.2) is 0 Å². The van der Waals surface area contributed by atoms with Crippen molar-refractivity contribution in [2.75, 3.05) is 10.6 Å². The van der Waals surface area contributed by atoms with Gasteiger partial charge in [-0.1, -0.05) is 30.3 Å². The number of carbonyl (C=O) groups excluding carboxylic acids is 1. The Bertz CT molecular complexity index is 1140. The van der Waals surface area contributed by atoms with Crippen LogP contribution in [0.3, 0.4) is 0 Å². The highest BCUT2D eigenvalue weighted by Gasteiger charge is 2.15. The Morgan fingerprint density at radius 1 is 0.900 bits per heavy atom. The lowest BCUT2D eigenvalue weighted by molar-refractivity contribution is 0.0459. The van der Waals surface area contributed by atoms with Gasteiger partial charge in [-0.25, -0.2) is 9.89 Å². The molecule has 0 saturated heterocycles. The number of nitrogens with zero attached hydrogens (tertiary/aromatic N) is 9. The summed E-state index contributed by atoms with van der Waals surface area (Å²) >= 11 is 0. The van der Waals surface area contributed by atoms with E-state index in [2.05, 4.69) is 66.6 Å². The van der Waals surface area contributed by atoms with Gasteiger partial charge >= 0.3 is 5.97 Å². The minimum Gasteiger partial charge on any atom is -0.455 e. The maximum absolute atomic E-state index is 12.0. The molecular formula is C14H11N13O3. The quantitative estimate of drug-likeness (QED) is 0.233. The molecule has 0 saturated carbocycles. The van der Waals surface area contributed by atoms with E-state index in [1.807, 2.05) is 30.3 Å². The molecule has 3 aromatic heterocycles. The van der Waals surface area contributed by atoms with Crippen LogP contribution in [0.5, 0.6) is 0 Å². The maximum atomic E-state index is 12.0. The molecule has 0 atom stereocenters. The molecule has 4 aromatic rings. The topological polar surface area (TPSA) is 214 Å². The molecule has 0 amide bonds. The molecule has 150 valence electrons. The standard InChI is InChI=1S/C14H11N13O3/c28-9(30-6-7-4-2-1-3-5-7)8-15-10(20-19-8)16-12-22-24-13(25-23-12)17-11-18-14(27-29)26-21-11/h1-5H,6H2,(H2,15,16,19,20,22,23)(H2,17,18,21,24,25,26). The number of hydrogen-bond acceptors (Lipinski definition) is 14. The summed E-state index contributed by atoms with van der Waals surface area (Å²) in [5.41, 5.74) is 0.839. The summed E-state index contributed by atoms with van der Waals surface area (Å²) in [7, 11) is 0. The fourth-order valence-electron chi connectivity index (χ4n) is 2.08. The molecule has 1 aromatic carbocycles. The van der Waals surface area contributed by atoms with Crippen molar-refractivity contribution in [3.05, 3.63) is 46.6 Å². The first kappa shape index (κ1) is 18.5. The summed E-state index contributed by atoms with van der Waals surface area (Å²) < 4.78 is 5.15. The number of hydrogen-bond donors (Lipinski definition) is 4. The zero-order chi connectivity index (χ0) is 20.8. The van der Waals surface area contributed by atoms with Gasteiger partial charge < -0.3 is 4.74 Å². The minimum atomic E-state index is -0.674. The summed E-state index contributed by atoms with van der Waals surface area (Å²) in [6, 6.07) is 9.21. The third-order valence-corrected chi connectivity index (χ3v) is 3.38. The van der Waals surface area contributed by atoms with E-state index in [1.54, 1.807) is 0 Å². The third kappa shape index (κ3) is 4.50. The number of aromatic nitrogens is 10. The van der Waals surface area contributed by atoms with Crippen LogP contribution in [-0.2, 0) is 11.3 Å². The van der Waals surface area contributed by atoms with Crippen molar-refractivity contribution in [2.24, 2.45) is 5.18 Å². The lowest BCUT2D eigenvalue weighted by atomic mass is 10.2. The van der Waals surface area contributed by atoms with Gasteiger partial charge in [0.1, 0.15) is 6.61 Å². The lowest BCUT2D eigenvalue weighted by Crippen LogP contribution is -2.08. The second-order valence-corrected chi connectivity index (χ2v) is 5.44. The van der Waals surface area contributed by atoms with Gasteiger partial charge in [0.25, 0.3) is 23.8 Å². The van der Waals surface area contributed by atoms with Crippen LogP contribution >= 0.6 is 0 Å². The van der Waals surface area contributed by atoms with E-state index in [9.17, 15) is 9.70 Å². The van der Waals surface area contributed by atoms with Crippen molar-refractivity contribution in [2.45, 2.75) is 6.61 Å². The molecule has 0 aliphatic heterocycles. The molecule has 0 fully saturated rings. The number of esters is 1. The highest BCUT2D eigenvalue weighted by Crippen LogP contribution is 2.11. The predicted molar refractivity (Wildman–Crippen MR) is 98.0 cm³/mol. The summed E-state index contributed by atoms with van der Waals surface area (Å²) in [5.74, 6) is -1.02. The maximum Gasteiger partial charge on any atom is 0.376 e. The van der Waals surface area contributed by atoms with Gasteiger partial charge in [-0.15, -0.1) is 35.5 Å². The number of aromatic amines is 2. The number of rotatable bonds is 8. The van der Waals surface area contributed by atoms with E-state index < -0.39 is 5.97 Å². The summed E-state index contributed by atoms with van der Waals surface area (Å²) in [6.07, 6.45) is 0. The summed E-state index contributed by atoms with van der Waals surface area (Å²) in [5, 5.41) is 35.1. The van der Waals surface area contributed by atoms with Gasteiger partial charge in [0.2, 0.25) is 11.8 Å². The molecule has 0 aliphatic carbocycles. The number of benzene rings is 1. The van der Waals surface area contributed by atoms with Crippen LogP contribution < -0.4 is 10.6 Å². The molecule has 4 N–H and O–H groups in total. The van der Waals surface area contributed by atoms with Gasteiger partial charge in [0.05, 0.1) is 0 Å². The molecule has 0 aliphatic rings. The highest BCUT2D eigenvalue weighted by molar-refractivity contribution is 5.85. The minimum absolute atomic E-state index is 0.0153. The second-order valence-electron chi connectivity index (χ2n) is 5.44. The van der Waals surface area contributed by atoms with Crippen molar-refractivity contribution in [3.8, 4) is 0 Å². The van der Waals surface area contributed by atoms with Gasteiger partial charge in [-0.05, 0) is 5.56 Å². The smallest absolute Gasteiger partial charge is 0.376 e. The molecule has 30 heavy (non-hydrogen) atoms. The second kappa shape index (κ2) is 8.42. The number of H-pyrrole nitrogens is 2. The first-order chi connectivity index (χ1) is 14.7. The van der Waals surface area contributed by atoms with E-state index in [-0.39, 0.29) is 42.2 Å². The average molecular weight is 409 g/mol. The van der Waals surface area contributed by atoms with E-state index in [0.29, 0.717) is 0 Å². The van der Waals surface area contributed by atoms with Crippen molar-refractivity contribution >= 4 is 35.7 Å². The van der Waals surface area contributed by atoms with Crippen LogP contribution in [0.25, 0.3) is 0 Å². The lowest BCUT2D eigenvalue weighted by Gasteiger charge is -2.02. The van der Waals surface area contributed by atoms with Crippen molar-refractivity contribution in [1.29, 1.82) is 0 Å². The number of ether oxygens (including phenoxy) is 1. The largest absolute Gasteiger partial charge is 0.455 e. The van der Waals surface area contributed by atoms with Crippen LogP contribution in [0.1, 0.15) is 16.2 Å². The Kier molecular flexibility index (Phi) is 5.18. The van der Waals surface area contributed by atoms with E-state index in [0.717, 1.165) is 5.56 Å². The zero-order valence-corrected chi connectivity index (χ0v) is 14.8. The first-order valence-corrected chi connectivity index (χ1v) is 8.20. The monoisotopic (exact) mass is 409 g/mol. The van der Waals surface area contributed by atoms with Crippen LogP contribution in [0.4, 0.5) is 29.7 Å². The number of nitrogens with one attached hydrogen (secondary N) is 4. The number of anilines is 4. The molecule has 16 heteroatoms. The Morgan fingerprint density at radius 2 is 1.53 bits per heavy atom. The predicted octanol–water partition coefficient (Wildman–Crippen LogP) is 0.745. The Hall–Kier alpha value is -4.89. The van der Waals surface area contributed by atoms with Crippen LogP contribution in [0, 0.1) is 4.91 Å². The molecule has 16 nitrogen and oxygen atoms in total. The van der Waals surface area contributed by atoms with Gasteiger partial charge in [-0.2, -0.15) is 9.97 Å². The summed E-state index contributed by atoms with van der Waals surface area (Å²) in [4.78, 5) is 30.0. The van der Waals surface area contributed by atoms with Crippen LogP contribution in [0.15, 0.2) is 35.5 Å². The Labute approximate surface area is 165 Å². The summed E-state index contributed by atoms with van der Waals surface area (Å²) in [6.45, 7) is 0.101. The van der Waals surface area contributed by atoms with Crippen molar-refractivity contribution in [1.82, 2.24) is 50.8 Å². The molecule has 4 rings (SSSR count). The normalized spacial score (nSPS) is 10.4. The fraction of sp³-hybridized carbons (Fsp3) is 0.0714. The highest BCUT2D eigenvalue weighted by atomic mass is 16.5. The number of carbonyl (C=O) groups is 1. The average Bonchev–Trinajstić information content (AvgIpc) is 3.44. The zero-order valence-electron chi connectivity index (χ0n) is 14.8. The van der Waals surface area contributed by atoms with E-state index in [1.165, 1.54) is 0 Å². The Balaban J connectivity index is 1.32. The third-order valence-electron chi connectivity index (χ3n) is 3.38. The van der Waals surface area contributed by atoms with Crippen molar-refractivity contribution in [3.63, 3.8) is 0 Å². The molecule has 0 unspecified atom stereocenters. The molecule has 0 radical (unpaired) electrons. The SMILES string of the molecule is O=Nc1nc(Nc2nnc(Nc3n[nH]c(C(=O)OCc4ccccc4)n3)nn2)n[nH]1. The Morgan fingerprint density at radius 3 is 2.17 bits per heavy atom. The molecule has 3 heterocycles. The van der Waals surface area contributed by atoms with Gasteiger partial charge in [-0.3, -0.25) is 15.7 Å². The fourth-order valence-corrected chi connectivity index (χ4v) is 2.08.